The van der Waals surface area contributed by atoms with Crippen molar-refractivity contribution in [1.29, 1.82) is 0 Å². The lowest BCUT2D eigenvalue weighted by Gasteiger charge is -2.41. The van der Waals surface area contributed by atoms with Gasteiger partial charge >= 0.3 is 0 Å². The summed E-state index contributed by atoms with van der Waals surface area (Å²) in [5.74, 6) is 0.630. The van der Waals surface area contributed by atoms with Gasteiger partial charge in [-0.3, -0.25) is 9.59 Å². The molecule has 0 spiro atoms. The summed E-state index contributed by atoms with van der Waals surface area (Å²) >= 11 is 6.21. The Balaban J connectivity index is 1.75. The molecule has 2 fully saturated rings. The van der Waals surface area contributed by atoms with Crippen molar-refractivity contribution < 1.29 is 14.3 Å². The number of fused-ring (bicyclic) bond motifs is 2. The molecule has 136 valence electrons. The van der Waals surface area contributed by atoms with E-state index >= 15 is 0 Å². The number of methoxy groups -OCH3 is 1. The van der Waals surface area contributed by atoms with E-state index in [4.69, 9.17) is 16.3 Å². The van der Waals surface area contributed by atoms with Crippen molar-refractivity contribution in [3.8, 4) is 5.75 Å². The van der Waals surface area contributed by atoms with Crippen molar-refractivity contribution in [1.82, 2.24) is 10.2 Å². The molecule has 0 radical (unpaired) electrons. The number of nitrogens with zero attached hydrogens (tertiary/aromatic N) is 1. The van der Waals surface area contributed by atoms with Crippen LogP contribution in [-0.2, 0) is 4.79 Å². The Bertz CT molecular complexity index is 668. The van der Waals surface area contributed by atoms with Gasteiger partial charge in [-0.1, -0.05) is 11.6 Å². The molecule has 2 amide bonds. The maximum absolute atomic E-state index is 12.7. The second kappa shape index (κ2) is 7.62. The van der Waals surface area contributed by atoms with Gasteiger partial charge in [0.25, 0.3) is 5.91 Å². The van der Waals surface area contributed by atoms with Crippen LogP contribution >= 0.6 is 11.6 Å². The van der Waals surface area contributed by atoms with Crippen molar-refractivity contribution in [2.75, 3.05) is 32.1 Å². The van der Waals surface area contributed by atoms with Gasteiger partial charge in [0.2, 0.25) is 5.91 Å². The molecular formula is C18H24ClN3O3. The molecule has 0 saturated carbocycles. The number of carbonyl (C=O) groups excluding carboxylic acids is 2. The fraction of sp³-hybridized carbons (Fsp3) is 0.556. The van der Waals surface area contributed by atoms with E-state index in [0.717, 1.165) is 26.1 Å². The Morgan fingerprint density at radius 1 is 1.32 bits per heavy atom. The molecule has 2 aliphatic heterocycles. The number of ether oxygens (including phenoxy) is 1. The van der Waals surface area contributed by atoms with Crippen LogP contribution in [0.15, 0.2) is 12.1 Å². The Hall–Kier alpha value is -1.79. The minimum absolute atomic E-state index is 0.144. The van der Waals surface area contributed by atoms with Crippen LogP contribution in [0, 0.1) is 5.92 Å². The standard InChI is InChI=1S/C18H24ClN3O3/c1-11(23)20-16-8-17(25-2)14(7-15(16)19)18(24)21-13-6-12-4-3-5-22(9-12)10-13/h7-8,12-13H,3-6,9-10H2,1-2H3,(H,20,23)(H,21,24)/t12-,13+/m1/s1. The summed E-state index contributed by atoms with van der Waals surface area (Å²) in [4.78, 5) is 26.4. The van der Waals surface area contributed by atoms with Gasteiger partial charge in [-0.15, -0.1) is 0 Å². The zero-order valence-corrected chi connectivity index (χ0v) is 15.4. The van der Waals surface area contributed by atoms with Gasteiger partial charge in [0.05, 0.1) is 23.4 Å². The highest BCUT2D eigenvalue weighted by Crippen LogP contribution is 2.32. The van der Waals surface area contributed by atoms with Crippen LogP contribution in [0.5, 0.6) is 5.75 Å². The van der Waals surface area contributed by atoms with Gasteiger partial charge in [-0.2, -0.15) is 0 Å². The lowest BCUT2D eigenvalue weighted by Crippen LogP contribution is -2.52. The molecule has 2 saturated heterocycles. The summed E-state index contributed by atoms with van der Waals surface area (Å²) in [6.07, 6.45) is 3.51. The van der Waals surface area contributed by atoms with Crippen molar-refractivity contribution in [2.45, 2.75) is 32.2 Å². The van der Waals surface area contributed by atoms with E-state index in [9.17, 15) is 9.59 Å². The third-order valence-corrected chi connectivity index (χ3v) is 5.19. The van der Waals surface area contributed by atoms with Crippen molar-refractivity contribution in [3.05, 3.63) is 22.7 Å². The Morgan fingerprint density at radius 3 is 2.80 bits per heavy atom. The van der Waals surface area contributed by atoms with Gasteiger partial charge in [0, 0.05) is 32.1 Å². The van der Waals surface area contributed by atoms with E-state index in [0.29, 0.717) is 27.9 Å². The number of anilines is 1. The predicted molar refractivity (Wildman–Crippen MR) is 97.3 cm³/mol. The van der Waals surface area contributed by atoms with Crippen LogP contribution < -0.4 is 15.4 Å². The molecule has 2 N–H and O–H groups in total. The van der Waals surface area contributed by atoms with Crippen LogP contribution in [0.3, 0.4) is 0 Å². The molecule has 25 heavy (non-hydrogen) atoms. The van der Waals surface area contributed by atoms with Gasteiger partial charge in [0.1, 0.15) is 5.75 Å². The number of rotatable bonds is 4. The first-order chi connectivity index (χ1) is 12.0. The minimum atomic E-state index is -0.232. The largest absolute Gasteiger partial charge is 0.496 e. The Morgan fingerprint density at radius 2 is 2.12 bits per heavy atom. The molecule has 2 aliphatic rings. The minimum Gasteiger partial charge on any atom is -0.496 e. The first-order valence-corrected chi connectivity index (χ1v) is 9.02. The molecule has 6 nitrogen and oxygen atoms in total. The summed E-state index contributed by atoms with van der Waals surface area (Å²) in [5.41, 5.74) is 0.813. The fourth-order valence-corrected chi connectivity index (χ4v) is 4.06. The number of carbonyl (C=O) groups is 2. The number of piperidine rings is 2. The Kier molecular flexibility index (Phi) is 5.49. The molecule has 1 aromatic rings. The molecule has 0 aromatic heterocycles. The third-order valence-electron chi connectivity index (χ3n) is 4.88. The highest BCUT2D eigenvalue weighted by atomic mass is 35.5. The van der Waals surface area contributed by atoms with E-state index in [1.165, 1.54) is 26.9 Å². The lowest BCUT2D eigenvalue weighted by atomic mass is 9.87. The molecule has 2 bridgehead atoms. The number of benzene rings is 1. The monoisotopic (exact) mass is 365 g/mol. The molecule has 2 heterocycles. The third kappa shape index (κ3) is 4.25. The molecule has 3 atom stereocenters. The number of halogens is 1. The molecule has 7 heteroatoms. The lowest BCUT2D eigenvalue weighted by molar-refractivity contribution is -0.114. The van der Waals surface area contributed by atoms with Crippen molar-refractivity contribution >= 4 is 29.1 Å². The maximum Gasteiger partial charge on any atom is 0.255 e. The van der Waals surface area contributed by atoms with Gasteiger partial charge in [-0.05, 0) is 37.8 Å². The predicted octanol–water partition coefficient (Wildman–Crippen LogP) is 2.52. The summed E-state index contributed by atoms with van der Waals surface area (Å²) < 4.78 is 5.33. The van der Waals surface area contributed by atoms with Crippen LogP contribution in [0.2, 0.25) is 5.02 Å². The normalized spacial score (nSPS) is 25.2. The van der Waals surface area contributed by atoms with E-state index in [2.05, 4.69) is 15.5 Å². The summed E-state index contributed by atoms with van der Waals surface area (Å²) in [5, 5.41) is 6.06. The molecule has 1 unspecified atom stereocenters. The van der Waals surface area contributed by atoms with Gasteiger partial charge in [-0.25, -0.2) is 0 Å². The highest BCUT2D eigenvalue weighted by Gasteiger charge is 2.31. The maximum atomic E-state index is 12.7. The van der Waals surface area contributed by atoms with Gasteiger partial charge < -0.3 is 20.3 Å². The SMILES string of the molecule is COc1cc(NC(C)=O)c(Cl)cc1C(=O)N[C@H]1C[C@H]2CCCN(C2)C1. The topological polar surface area (TPSA) is 70.7 Å². The molecule has 1 aromatic carbocycles. The second-order valence-corrected chi connectivity index (χ2v) is 7.29. The van der Waals surface area contributed by atoms with Crippen LogP contribution in [0.25, 0.3) is 0 Å². The fourth-order valence-electron chi connectivity index (χ4n) is 3.85. The number of amides is 2. The first kappa shape index (κ1) is 18.0. The van der Waals surface area contributed by atoms with E-state index < -0.39 is 0 Å². The molecule has 3 rings (SSSR count). The number of hydrogen-bond donors (Lipinski definition) is 2. The zero-order chi connectivity index (χ0) is 18.0. The van der Waals surface area contributed by atoms with Crippen LogP contribution in [0.4, 0.5) is 5.69 Å². The number of nitrogens with one attached hydrogen (secondary N) is 2. The van der Waals surface area contributed by atoms with E-state index in [1.54, 1.807) is 12.1 Å². The average molecular weight is 366 g/mol. The van der Waals surface area contributed by atoms with E-state index in [1.807, 2.05) is 0 Å². The van der Waals surface area contributed by atoms with Crippen LogP contribution in [-0.4, -0.2) is 49.5 Å². The molecule has 0 aliphatic carbocycles. The zero-order valence-electron chi connectivity index (χ0n) is 14.6. The summed E-state index contributed by atoms with van der Waals surface area (Å²) in [6, 6.07) is 3.27. The number of hydrogen-bond acceptors (Lipinski definition) is 4. The van der Waals surface area contributed by atoms with Crippen molar-refractivity contribution in [3.63, 3.8) is 0 Å². The molecular weight excluding hydrogens is 342 g/mol. The van der Waals surface area contributed by atoms with Gasteiger partial charge in [0.15, 0.2) is 0 Å². The van der Waals surface area contributed by atoms with Crippen molar-refractivity contribution in [2.24, 2.45) is 5.92 Å². The Labute approximate surface area is 152 Å². The highest BCUT2D eigenvalue weighted by molar-refractivity contribution is 6.34. The first-order valence-electron chi connectivity index (χ1n) is 8.64. The van der Waals surface area contributed by atoms with Crippen LogP contribution in [0.1, 0.15) is 36.5 Å². The summed E-state index contributed by atoms with van der Waals surface area (Å²) in [6.45, 7) is 4.55. The smallest absolute Gasteiger partial charge is 0.255 e. The average Bonchev–Trinajstić information content (AvgIpc) is 2.55. The summed E-state index contributed by atoms with van der Waals surface area (Å²) in [7, 11) is 1.49. The second-order valence-electron chi connectivity index (χ2n) is 6.89. The quantitative estimate of drug-likeness (QED) is 0.860. The van der Waals surface area contributed by atoms with E-state index in [-0.39, 0.29) is 17.9 Å².